The molecule has 0 radical (unpaired) electrons. The lowest BCUT2D eigenvalue weighted by Crippen LogP contribution is -2.21. The highest BCUT2D eigenvalue weighted by Gasteiger charge is 2.33. The van der Waals surface area contributed by atoms with Crippen LogP contribution in [0.4, 0.5) is 5.69 Å². The number of benzene rings is 1. The van der Waals surface area contributed by atoms with Gasteiger partial charge in [0, 0.05) is 16.1 Å². The van der Waals surface area contributed by atoms with Crippen molar-refractivity contribution in [3.63, 3.8) is 0 Å². The molecule has 2 unspecified atom stereocenters. The first-order valence-corrected chi connectivity index (χ1v) is 7.13. The average Bonchev–Trinajstić information content (AvgIpc) is 2.83. The summed E-state index contributed by atoms with van der Waals surface area (Å²) < 4.78 is 0.710. The number of hydrogen-bond donors (Lipinski definition) is 2. The van der Waals surface area contributed by atoms with Gasteiger partial charge in [-0.1, -0.05) is 11.6 Å². The van der Waals surface area contributed by atoms with Crippen LogP contribution in [-0.2, 0) is 9.59 Å². The number of carboxylic acids is 1. The lowest BCUT2D eigenvalue weighted by atomic mass is 10.0. The molecular formula is C13H13BrClNO3. The second-order valence-corrected chi connectivity index (χ2v) is 5.92. The fraction of sp³-hybridized carbons (Fsp3) is 0.385. The first kappa shape index (κ1) is 14.3. The monoisotopic (exact) mass is 345 g/mol. The number of anilines is 1. The van der Waals surface area contributed by atoms with Gasteiger partial charge in [-0.25, -0.2) is 0 Å². The number of carbonyl (C=O) groups is 2. The van der Waals surface area contributed by atoms with Crippen LogP contribution in [0.15, 0.2) is 22.7 Å². The molecule has 0 aromatic heterocycles. The Morgan fingerprint density at radius 3 is 2.58 bits per heavy atom. The van der Waals surface area contributed by atoms with Gasteiger partial charge in [-0.2, -0.15) is 0 Å². The van der Waals surface area contributed by atoms with Crippen molar-refractivity contribution in [2.45, 2.75) is 19.3 Å². The number of aliphatic carboxylic acids is 1. The third kappa shape index (κ3) is 3.48. The van der Waals surface area contributed by atoms with Crippen molar-refractivity contribution in [1.82, 2.24) is 0 Å². The molecule has 2 rings (SSSR count). The summed E-state index contributed by atoms with van der Waals surface area (Å²) in [6.45, 7) is 0. The summed E-state index contributed by atoms with van der Waals surface area (Å²) >= 11 is 9.16. The summed E-state index contributed by atoms with van der Waals surface area (Å²) in [5.41, 5.74) is 0.653. The Kier molecular flexibility index (Phi) is 4.47. The number of carboxylic acid groups (broad SMARTS) is 1. The van der Waals surface area contributed by atoms with E-state index in [4.69, 9.17) is 16.7 Å². The van der Waals surface area contributed by atoms with E-state index in [0.717, 1.165) is 0 Å². The van der Waals surface area contributed by atoms with E-state index in [1.54, 1.807) is 18.2 Å². The first-order chi connectivity index (χ1) is 8.97. The molecule has 19 heavy (non-hydrogen) atoms. The molecule has 0 spiro atoms. The predicted molar refractivity (Wildman–Crippen MR) is 76.2 cm³/mol. The topological polar surface area (TPSA) is 66.4 Å². The van der Waals surface area contributed by atoms with Crippen molar-refractivity contribution in [3.05, 3.63) is 27.7 Å². The molecule has 1 fully saturated rings. The summed E-state index contributed by atoms with van der Waals surface area (Å²) in [5.74, 6) is -1.56. The summed E-state index contributed by atoms with van der Waals surface area (Å²) in [6.07, 6.45) is 1.60. The Balaban J connectivity index is 1.98. The van der Waals surface area contributed by atoms with Crippen LogP contribution in [0.25, 0.3) is 0 Å². The molecule has 0 bridgehead atoms. The zero-order chi connectivity index (χ0) is 14.0. The van der Waals surface area contributed by atoms with Gasteiger partial charge in [0.2, 0.25) is 5.91 Å². The van der Waals surface area contributed by atoms with Crippen molar-refractivity contribution >= 4 is 45.1 Å². The molecule has 0 aliphatic heterocycles. The van der Waals surface area contributed by atoms with Gasteiger partial charge >= 0.3 is 5.97 Å². The molecule has 2 atom stereocenters. The van der Waals surface area contributed by atoms with Crippen LogP contribution < -0.4 is 5.32 Å². The highest BCUT2D eigenvalue weighted by molar-refractivity contribution is 9.10. The van der Waals surface area contributed by atoms with Crippen LogP contribution in [0.2, 0.25) is 5.02 Å². The average molecular weight is 347 g/mol. The lowest BCUT2D eigenvalue weighted by Gasteiger charge is -2.11. The lowest BCUT2D eigenvalue weighted by molar-refractivity contribution is -0.141. The van der Waals surface area contributed by atoms with Crippen LogP contribution >= 0.6 is 27.5 Å². The zero-order valence-corrected chi connectivity index (χ0v) is 12.4. The van der Waals surface area contributed by atoms with Crippen LogP contribution in [-0.4, -0.2) is 17.0 Å². The van der Waals surface area contributed by atoms with Crippen molar-refractivity contribution < 1.29 is 14.7 Å². The normalized spacial score (nSPS) is 22.2. The van der Waals surface area contributed by atoms with E-state index in [2.05, 4.69) is 21.2 Å². The Labute approximate surface area is 124 Å². The van der Waals surface area contributed by atoms with Gasteiger partial charge < -0.3 is 10.4 Å². The molecule has 1 aromatic rings. The summed E-state index contributed by atoms with van der Waals surface area (Å²) in [7, 11) is 0. The van der Waals surface area contributed by atoms with E-state index in [0.29, 0.717) is 34.4 Å². The van der Waals surface area contributed by atoms with E-state index in [1.807, 2.05) is 0 Å². The van der Waals surface area contributed by atoms with Gasteiger partial charge in [0.1, 0.15) is 0 Å². The van der Waals surface area contributed by atoms with Crippen molar-refractivity contribution in [3.8, 4) is 0 Å². The molecule has 1 saturated carbocycles. The quantitative estimate of drug-likeness (QED) is 0.879. The minimum absolute atomic E-state index is 0.127. The largest absolute Gasteiger partial charge is 0.481 e. The van der Waals surface area contributed by atoms with Crippen LogP contribution in [0, 0.1) is 11.8 Å². The maximum Gasteiger partial charge on any atom is 0.306 e. The standard InChI is InChI=1S/C13H13BrClNO3/c14-10-6-9(3-4-11(10)15)16-12(17)7-1-2-8(5-7)13(18)19/h3-4,6-8H,1-2,5H2,(H,16,17)(H,18,19). The molecule has 1 aliphatic carbocycles. The van der Waals surface area contributed by atoms with Gasteiger partial charge in [0.05, 0.1) is 10.9 Å². The number of amides is 1. The molecule has 0 saturated heterocycles. The second-order valence-electron chi connectivity index (χ2n) is 4.66. The third-order valence-corrected chi connectivity index (χ3v) is 4.55. The van der Waals surface area contributed by atoms with E-state index >= 15 is 0 Å². The highest BCUT2D eigenvalue weighted by Crippen LogP contribution is 2.32. The molecule has 6 heteroatoms. The van der Waals surface area contributed by atoms with Crippen molar-refractivity contribution in [1.29, 1.82) is 0 Å². The maximum atomic E-state index is 12.0. The van der Waals surface area contributed by atoms with Gasteiger partial charge in [0.15, 0.2) is 0 Å². The number of nitrogens with one attached hydrogen (secondary N) is 1. The minimum atomic E-state index is -0.815. The minimum Gasteiger partial charge on any atom is -0.481 e. The predicted octanol–water partition coefficient (Wildman–Crippen LogP) is 3.54. The van der Waals surface area contributed by atoms with Gasteiger partial charge in [-0.15, -0.1) is 0 Å². The molecule has 2 N–H and O–H groups in total. The van der Waals surface area contributed by atoms with Crippen molar-refractivity contribution in [2.24, 2.45) is 11.8 Å². The Bertz CT molecular complexity index is 521. The smallest absolute Gasteiger partial charge is 0.306 e. The number of carbonyl (C=O) groups excluding carboxylic acids is 1. The summed E-state index contributed by atoms with van der Waals surface area (Å²) in [6, 6.07) is 5.13. The molecule has 0 heterocycles. The molecule has 1 aliphatic rings. The van der Waals surface area contributed by atoms with Gasteiger partial charge in [-0.3, -0.25) is 9.59 Å². The molecule has 4 nitrogen and oxygen atoms in total. The zero-order valence-electron chi connectivity index (χ0n) is 10.0. The van der Waals surface area contributed by atoms with Gasteiger partial charge in [0.25, 0.3) is 0 Å². The van der Waals surface area contributed by atoms with E-state index in [9.17, 15) is 9.59 Å². The Morgan fingerprint density at radius 2 is 2.00 bits per heavy atom. The maximum absolute atomic E-state index is 12.0. The fourth-order valence-electron chi connectivity index (χ4n) is 2.26. The SMILES string of the molecule is O=C(O)C1CCC(C(=O)Nc2ccc(Cl)c(Br)c2)C1. The Hall–Kier alpha value is -1.07. The molecular weight excluding hydrogens is 334 g/mol. The third-order valence-electron chi connectivity index (χ3n) is 3.34. The number of halogens is 2. The van der Waals surface area contributed by atoms with Gasteiger partial charge in [-0.05, 0) is 53.4 Å². The number of hydrogen-bond acceptors (Lipinski definition) is 2. The molecule has 1 amide bonds. The summed E-state index contributed by atoms with van der Waals surface area (Å²) in [5, 5.41) is 12.3. The fourth-order valence-corrected chi connectivity index (χ4v) is 2.76. The Morgan fingerprint density at radius 1 is 1.32 bits per heavy atom. The molecule has 102 valence electrons. The van der Waals surface area contributed by atoms with Crippen molar-refractivity contribution in [2.75, 3.05) is 5.32 Å². The summed E-state index contributed by atoms with van der Waals surface area (Å²) in [4.78, 5) is 22.9. The van der Waals surface area contributed by atoms with Crippen LogP contribution in [0.5, 0.6) is 0 Å². The van der Waals surface area contributed by atoms with Crippen LogP contribution in [0.3, 0.4) is 0 Å². The van der Waals surface area contributed by atoms with E-state index < -0.39 is 11.9 Å². The number of rotatable bonds is 3. The van der Waals surface area contributed by atoms with Crippen LogP contribution in [0.1, 0.15) is 19.3 Å². The highest BCUT2D eigenvalue weighted by atomic mass is 79.9. The van der Waals surface area contributed by atoms with E-state index in [1.165, 1.54) is 0 Å². The second kappa shape index (κ2) is 5.92. The first-order valence-electron chi connectivity index (χ1n) is 5.96. The van der Waals surface area contributed by atoms with E-state index in [-0.39, 0.29) is 11.8 Å². The molecule has 1 aromatic carbocycles.